The van der Waals surface area contributed by atoms with Crippen molar-refractivity contribution in [1.29, 1.82) is 0 Å². The van der Waals surface area contributed by atoms with Crippen LogP contribution in [-0.2, 0) is 23.8 Å². The molecule has 0 spiro atoms. The molecule has 0 bridgehead atoms. The molecule has 0 aromatic carbocycles. The molecular weight excluding hydrogens is 366 g/mol. The highest BCUT2D eigenvalue weighted by molar-refractivity contribution is 8.01. The van der Waals surface area contributed by atoms with Crippen LogP contribution in [0.2, 0.25) is 0 Å². The van der Waals surface area contributed by atoms with Gasteiger partial charge in [0, 0.05) is 19.3 Å². The molecule has 2 unspecified atom stereocenters. The van der Waals surface area contributed by atoms with Crippen LogP contribution in [0.3, 0.4) is 0 Å². The molecule has 134 valence electrons. The van der Waals surface area contributed by atoms with E-state index in [0.29, 0.717) is 0 Å². The van der Waals surface area contributed by atoms with E-state index < -0.39 is 22.8 Å². The fourth-order valence-corrected chi connectivity index (χ4v) is 3.75. The first-order valence-corrected chi connectivity index (χ1v) is 8.75. The molecule has 0 N–H and O–H groups in total. The Bertz CT molecular complexity index is 698. The summed E-state index contributed by atoms with van der Waals surface area (Å²) in [6.07, 6.45) is 3.02. The summed E-state index contributed by atoms with van der Waals surface area (Å²) in [4.78, 5) is 35.6. The number of ether oxygens (including phenoxy) is 3. The second-order valence-corrected chi connectivity index (χ2v) is 6.37. The van der Waals surface area contributed by atoms with Crippen LogP contribution in [0, 0.1) is 5.92 Å². The average Bonchev–Trinajstić information content (AvgIpc) is 2.55. The largest absolute Gasteiger partial charge is 0.465 e. The van der Waals surface area contributed by atoms with Gasteiger partial charge in [-0.3, -0.25) is 4.79 Å². The van der Waals surface area contributed by atoms with Crippen molar-refractivity contribution in [3.05, 3.63) is 18.5 Å². The molecule has 1 aromatic heterocycles. The van der Waals surface area contributed by atoms with Crippen LogP contribution in [0.15, 0.2) is 28.6 Å². The van der Waals surface area contributed by atoms with Crippen LogP contribution in [0.25, 0.3) is 0 Å². The third-order valence-electron chi connectivity index (χ3n) is 3.06. The molecule has 2 heterocycles. The topological polar surface area (TPSA) is 100.0 Å². The fourth-order valence-electron chi connectivity index (χ4n) is 2.15. The average molecular weight is 383 g/mol. The van der Waals surface area contributed by atoms with Crippen LogP contribution in [0.1, 0.15) is 20.8 Å². The molecule has 1 aliphatic rings. The van der Waals surface area contributed by atoms with Gasteiger partial charge >= 0.3 is 11.9 Å². The molecule has 0 fully saturated rings. The van der Waals surface area contributed by atoms with Gasteiger partial charge < -0.3 is 14.2 Å². The number of thiocarbonyl (C=S) groups is 1. The number of thioether (sulfide) groups is 1. The Balaban J connectivity index is 2.55. The standard InChI is InChI=1S/C15H17N3O5S2/c1-4-21-12(19)10-11(24)18-9(3)23-15(10,13(20)22-5-2)25-14-16-7-6-8-17-14/h6-8,10H,4-5H2,1-3H3. The van der Waals surface area contributed by atoms with Crippen LogP contribution >= 0.6 is 24.0 Å². The van der Waals surface area contributed by atoms with Gasteiger partial charge in [-0.1, -0.05) is 12.2 Å². The van der Waals surface area contributed by atoms with E-state index in [1.165, 1.54) is 19.3 Å². The van der Waals surface area contributed by atoms with Crippen molar-refractivity contribution in [2.24, 2.45) is 10.9 Å². The minimum Gasteiger partial charge on any atom is -0.465 e. The van der Waals surface area contributed by atoms with E-state index in [9.17, 15) is 9.59 Å². The van der Waals surface area contributed by atoms with Crippen molar-refractivity contribution in [2.45, 2.75) is 30.9 Å². The number of hydrogen-bond donors (Lipinski definition) is 0. The summed E-state index contributed by atoms with van der Waals surface area (Å²) < 4.78 is 15.9. The number of hydrogen-bond acceptors (Lipinski definition) is 9. The lowest BCUT2D eigenvalue weighted by atomic mass is 10.00. The Morgan fingerprint density at radius 2 is 1.92 bits per heavy atom. The minimum atomic E-state index is -1.84. The SMILES string of the molecule is CCOC(=O)C1C(=S)N=C(C)OC1(Sc1ncccn1)C(=O)OCC. The molecule has 8 nitrogen and oxygen atoms in total. The van der Waals surface area contributed by atoms with Crippen LogP contribution < -0.4 is 0 Å². The fraction of sp³-hybridized carbons (Fsp3) is 0.467. The lowest BCUT2D eigenvalue weighted by Crippen LogP contribution is -2.56. The summed E-state index contributed by atoms with van der Waals surface area (Å²) in [5.74, 6) is -2.62. The molecule has 0 amide bonds. The zero-order chi connectivity index (χ0) is 18.4. The van der Waals surface area contributed by atoms with Crippen LogP contribution in [0.5, 0.6) is 0 Å². The van der Waals surface area contributed by atoms with E-state index in [-0.39, 0.29) is 29.3 Å². The summed E-state index contributed by atoms with van der Waals surface area (Å²) in [6, 6.07) is 1.63. The second-order valence-electron chi connectivity index (χ2n) is 4.78. The highest BCUT2D eigenvalue weighted by Gasteiger charge is 2.60. The summed E-state index contributed by atoms with van der Waals surface area (Å²) in [7, 11) is 0. The third-order valence-corrected chi connectivity index (χ3v) is 4.57. The quantitative estimate of drug-likeness (QED) is 0.413. The molecule has 0 saturated carbocycles. The Hall–Kier alpha value is -2.07. The minimum absolute atomic E-state index is 0.0151. The number of aliphatic imine (C=N–C) groups is 1. The monoisotopic (exact) mass is 383 g/mol. The van der Waals surface area contributed by atoms with Gasteiger partial charge in [0.15, 0.2) is 17.0 Å². The Morgan fingerprint density at radius 3 is 2.52 bits per heavy atom. The molecule has 0 aliphatic carbocycles. The van der Waals surface area contributed by atoms with Gasteiger partial charge in [0.1, 0.15) is 4.99 Å². The molecule has 10 heteroatoms. The normalized spacial score (nSPS) is 22.6. The third kappa shape index (κ3) is 4.13. The van der Waals surface area contributed by atoms with E-state index in [1.54, 1.807) is 19.9 Å². The van der Waals surface area contributed by atoms with Gasteiger partial charge in [0.2, 0.25) is 0 Å². The smallest absolute Gasteiger partial charge is 0.363 e. The summed E-state index contributed by atoms with van der Waals surface area (Å²) >= 11 is 6.07. The van der Waals surface area contributed by atoms with Gasteiger partial charge in [-0.05, 0) is 31.7 Å². The van der Waals surface area contributed by atoms with Crippen molar-refractivity contribution < 1.29 is 23.8 Å². The predicted octanol–water partition coefficient (Wildman–Crippen LogP) is 1.78. The van der Waals surface area contributed by atoms with Crippen LogP contribution in [0.4, 0.5) is 0 Å². The molecule has 1 aromatic rings. The number of rotatable bonds is 6. The first-order valence-electron chi connectivity index (χ1n) is 7.52. The molecular formula is C15H17N3O5S2. The number of carbonyl (C=O) groups excluding carboxylic acids is 2. The van der Waals surface area contributed by atoms with E-state index in [2.05, 4.69) is 15.0 Å². The van der Waals surface area contributed by atoms with Gasteiger partial charge in [0.05, 0.1) is 13.2 Å². The maximum Gasteiger partial charge on any atom is 0.363 e. The Labute approximate surface area is 154 Å². The molecule has 2 rings (SSSR count). The summed E-state index contributed by atoms with van der Waals surface area (Å²) in [5.41, 5.74) is 0. The molecule has 1 aliphatic heterocycles. The van der Waals surface area contributed by atoms with Crippen molar-refractivity contribution in [1.82, 2.24) is 9.97 Å². The van der Waals surface area contributed by atoms with E-state index >= 15 is 0 Å². The first-order chi connectivity index (χ1) is 11.9. The number of aromatic nitrogens is 2. The van der Waals surface area contributed by atoms with Crippen LogP contribution in [-0.4, -0.2) is 50.9 Å². The summed E-state index contributed by atoms with van der Waals surface area (Å²) in [6.45, 7) is 5.05. The Morgan fingerprint density at radius 1 is 1.28 bits per heavy atom. The zero-order valence-electron chi connectivity index (χ0n) is 13.9. The maximum atomic E-state index is 12.8. The zero-order valence-corrected chi connectivity index (χ0v) is 15.6. The highest BCUT2D eigenvalue weighted by atomic mass is 32.2. The maximum absolute atomic E-state index is 12.8. The Kier molecular flexibility index (Phi) is 6.43. The molecule has 25 heavy (non-hydrogen) atoms. The van der Waals surface area contributed by atoms with Gasteiger partial charge in [0.25, 0.3) is 4.93 Å². The van der Waals surface area contributed by atoms with Crippen molar-refractivity contribution >= 4 is 46.8 Å². The predicted molar refractivity (Wildman–Crippen MR) is 94.2 cm³/mol. The van der Waals surface area contributed by atoms with Crippen molar-refractivity contribution in [2.75, 3.05) is 13.2 Å². The number of nitrogens with zero attached hydrogens (tertiary/aromatic N) is 3. The van der Waals surface area contributed by atoms with Crippen molar-refractivity contribution in [3.63, 3.8) is 0 Å². The molecule has 0 saturated heterocycles. The highest BCUT2D eigenvalue weighted by Crippen LogP contribution is 2.43. The summed E-state index contributed by atoms with van der Waals surface area (Å²) in [5, 5.41) is 0.224. The van der Waals surface area contributed by atoms with E-state index in [0.717, 1.165) is 11.8 Å². The number of carbonyl (C=O) groups is 2. The van der Waals surface area contributed by atoms with E-state index in [4.69, 9.17) is 26.4 Å². The number of esters is 2. The molecule has 2 atom stereocenters. The van der Waals surface area contributed by atoms with Gasteiger partial charge in [-0.2, -0.15) is 0 Å². The van der Waals surface area contributed by atoms with Gasteiger partial charge in [-0.25, -0.2) is 19.8 Å². The van der Waals surface area contributed by atoms with E-state index in [1.807, 2.05) is 0 Å². The van der Waals surface area contributed by atoms with Crippen molar-refractivity contribution in [3.8, 4) is 0 Å². The lowest BCUT2D eigenvalue weighted by molar-refractivity contribution is -0.165. The second kappa shape index (κ2) is 8.34. The lowest BCUT2D eigenvalue weighted by Gasteiger charge is -2.37. The molecule has 0 radical (unpaired) electrons. The first kappa shape index (κ1) is 19.3. The van der Waals surface area contributed by atoms with Gasteiger partial charge in [-0.15, -0.1) is 0 Å².